The van der Waals surface area contributed by atoms with E-state index in [2.05, 4.69) is 5.32 Å². The number of halogens is 1. The number of amides is 1. The molecular formula is C16H12FNO2S. The van der Waals surface area contributed by atoms with Crippen molar-refractivity contribution >= 4 is 33.0 Å². The van der Waals surface area contributed by atoms with E-state index in [1.807, 2.05) is 6.92 Å². The van der Waals surface area contributed by atoms with Crippen LogP contribution in [-0.2, 0) is 0 Å². The molecule has 0 radical (unpaired) electrons. The van der Waals surface area contributed by atoms with Gasteiger partial charge in [-0.1, -0.05) is 12.1 Å². The summed E-state index contributed by atoms with van der Waals surface area (Å²) in [6.07, 6.45) is 0. The summed E-state index contributed by atoms with van der Waals surface area (Å²) in [6.45, 7) is 1.85. The molecule has 3 nitrogen and oxygen atoms in total. The zero-order chi connectivity index (χ0) is 15.0. The van der Waals surface area contributed by atoms with E-state index in [4.69, 9.17) is 0 Å². The van der Waals surface area contributed by atoms with Crippen molar-refractivity contribution in [1.29, 1.82) is 0 Å². The molecule has 2 N–H and O–H groups in total. The summed E-state index contributed by atoms with van der Waals surface area (Å²) in [6, 6.07) is 11.1. The Morgan fingerprint density at radius 3 is 2.76 bits per heavy atom. The molecule has 5 heteroatoms. The normalized spacial score (nSPS) is 10.8. The van der Waals surface area contributed by atoms with Gasteiger partial charge in [0.1, 0.15) is 11.6 Å². The number of aryl methyl sites for hydroxylation is 1. The van der Waals surface area contributed by atoms with Crippen LogP contribution in [0.5, 0.6) is 5.75 Å². The van der Waals surface area contributed by atoms with Crippen molar-refractivity contribution in [2.24, 2.45) is 0 Å². The first kappa shape index (κ1) is 13.6. The minimum Gasteiger partial charge on any atom is -0.506 e. The summed E-state index contributed by atoms with van der Waals surface area (Å²) in [7, 11) is 0. The number of hydrogen-bond acceptors (Lipinski definition) is 3. The van der Waals surface area contributed by atoms with Gasteiger partial charge in [-0.15, -0.1) is 11.3 Å². The van der Waals surface area contributed by atoms with E-state index in [1.165, 1.54) is 23.5 Å². The van der Waals surface area contributed by atoms with Crippen LogP contribution in [0, 0.1) is 12.7 Å². The first-order valence-corrected chi connectivity index (χ1v) is 7.14. The number of nitrogens with one attached hydrogen (secondary N) is 1. The van der Waals surface area contributed by atoms with E-state index in [1.54, 1.807) is 30.3 Å². The number of phenolic OH excluding ortho intramolecular Hbond substituents is 1. The smallest absolute Gasteiger partial charge is 0.265 e. The van der Waals surface area contributed by atoms with Crippen molar-refractivity contribution in [3.05, 3.63) is 58.7 Å². The van der Waals surface area contributed by atoms with Crippen molar-refractivity contribution in [3.63, 3.8) is 0 Å². The zero-order valence-corrected chi connectivity index (χ0v) is 12.0. The molecule has 106 valence electrons. The number of thiophene rings is 1. The second kappa shape index (κ2) is 5.18. The predicted molar refractivity (Wildman–Crippen MR) is 82.6 cm³/mol. The molecule has 1 heterocycles. The largest absolute Gasteiger partial charge is 0.506 e. The average molecular weight is 301 g/mol. The highest BCUT2D eigenvalue weighted by Crippen LogP contribution is 2.29. The Kier molecular flexibility index (Phi) is 3.35. The summed E-state index contributed by atoms with van der Waals surface area (Å²) < 4.78 is 13.9. The Balaban J connectivity index is 1.89. The van der Waals surface area contributed by atoms with E-state index >= 15 is 0 Å². The first-order chi connectivity index (χ1) is 10.0. The zero-order valence-electron chi connectivity index (χ0n) is 11.2. The Bertz CT molecular complexity index is 841. The summed E-state index contributed by atoms with van der Waals surface area (Å²) in [4.78, 5) is 12.7. The third-order valence-electron chi connectivity index (χ3n) is 3.11. The fourth-order valence-corrected chi connectivity index (χ4v) is 3.03. The first-order valence-electron chi connectivity index (χ1n) is 6.33. The van der Waals surface area contributed by atoms with Gasteiger partial charge >= 0.3 is 0 Å². The molecule has 1 aromatic heterocycles. The highest BCUT2D eigenvalue weighted by Gasteiger charge is 2.12. The average Bonchev–Trinajstić information content (AvgIpc) is 2.85. The number of benzene rings is 2. The standard InChI is InChI=1S/C16H12FNO2S/c1-9-2-5-12(13(19)6-9)18-16(20)15-7-10-3-4-11(17)8-14(10)21-15/h2-8,19H,1H3,(H,18,20). The second-order valence-electron chi connectivity index (χ2n) is 4.77. The number of fused-ring (bicyclic) bond motifs is 1. The maximum absolute atomic E-state index is 13.2. The molecule has 0 saturated heterocycles. The van der Waals surface area contributed by atoms with Crippen molar-refractivity contribution < 1.29 is 14.3 Å². The van der Waals surface area contributed by atoms with Crippen LogP contribution in [-0.4, -0.2) is 11.0 Å². The SMILES string of the molecule is Cc1ccc(NC(=O)c2cc3ccc(F)cc3s2)c(O)c1. The summed E-state index contributed by atoms with van der Waals surface area (Å²) >= 11 is 1.21. The number of carbonyl (C=O) groups is 1. The topological polar surface area (TPSA) is 49.3 Å². The molecule has 0 aliphatic carbocycles. The summed E-state index contributed by atoms with van der Waals surface area (Å²) in [5.41, 5.74) is 1.26. The van der Waals surface area contributed by atoms with Gasteiger partial charge in [-0.3, -0.25) is 4.79 Å². The Labute approximate surface area is 124 Å². The minimum atomic E-state index is -0.326. The summed E-state index contributed by atoms with van der Waals surface area (Å²) in [5, 5.41) is 13.3. The molecule has 0 unspecified atom stereocenters. The van der Waals surface area contributed by atoms with Crippen LogP contribution in [0.4, 0.5) is 10.1 Å². The lowest BCUT2D eigenvalue weighted by Crippen LogP contribution is -2.10. The molecule has 2 aromatic carbocycles. The minimum absolute atomic E-state index is 0.0236. The van der Waals surface area contributed by atoms with Crippen molar-refractivity contribution in [3.8, 4) is 5.75 Å². The van der Waals surface area contributed by atoms with E-state index in [0.717, 1.165) is 10.9 Å². The number of aromatic hydroxyl groups is 1. The van der Waals surface area contributed by atoms with Crippen LogP contribution in [0.1, 0.15) is 15.2 Å². The van der Waals surface area contributed by atoms with Crippen LogP contribution >= 0.6 is 11.3 Å². The van der Waals surface area contributed by atoms with Gasteiger partial charge in [0.25, 0.3) is 5.91 Å². The molecule has 0 aliphatic heterocycles. The van der Waals surface area contributed by atoms with Gasteiger partial charge in [-0.05, 0) is 48.2 Å². The van der Waals surface area contributed by atoms with Crippen molar-refractivity contribution in [2.45, 2.75) is 6.92 Å². The van der Waals surface area contributed by atoms with Crippen LogP contribution in [0.2, 0.25) is 0 Å². The van der Waals surface area contributed by atoms with Crippen molar-refractivity contribution in [1.82, 2.24) is 0 Å². The van der Waals surface area contributed by atoms with Crippen molar-refractivity contribution in [2.75, 3.05) is 5.32 Å². The quantitative estimate of drug-likeness (QED) is 0.693. The van der Waals surface area contributed by atoms with E-state index in [9.17, 15) is 14.3 Å². The van der Waals surface area contributed by atoms with E-state index in [-0.39, 0.29) is 17.5 Å². The number of phenols is 1. The van der Waals surface area contributed by atoms with E-state index < -0.39 is 0 Å². The Morgan fingerprint density at radius 1 is 1.19 bits per heavy atom. The van der Waals surface area contributed by atoms with Gasteiger partial charge in [0.2, 0.25) is 0 Å². The van der Waals surface area contributed by atoms with Gasteiger partial charge in [-0.2, -0.15) is 0 Å². The number of rotatable bonds is 2. The maximum atomic E-state index is 13.2. The lowest BCUT2D eigenvalue weighted by molar-refractivity contribution is 0.103. The van der Waals surface area contributed by atoms with Crippen LogP contribution in [0.3, 0.4) is 0 Å². The molecule has 0 spiro atoms. The third-order valence-corrected chi connectivity index (χ3v) is 4.20. The third kappa shape index (κ3) is 2.73. The molecule has 3 aromatic rings. The van der Waals surface area contributed by atoms with Crippen LogP contribution in [0.25, 0.3) is 10.1 Å². The highest BCUT2D eigenvalue weighted by atomic mass is 32.1. The van der Waals surface area contributed by atoms with Gasteiger partial charge < -0.3 is 10.4 Å². The molecular weight excluding hydrogens is 289 g/mol. The second-order valence-corrected chi connectivity index (χ2v) is 5.85. The molecule has 0 fully saturated rings. The predicted octanol–water partition coefficient (Wildman–Crippen LogP) is 4.31. The van der Waals surface area contributed by atoms with Gasteiger partial charge in [-0.25, -0.2) is 4.39 Å². The molecule has 0 bridgehead atoms. The van der Waals surface area contributed by atoms with Gasteiger partial charge in [0.05, 0.1) is 10.6 Å². The molecule has 3 rings (SSSR count). The maximum Gasteiger partial charge on any atom is 0.265 e. The van der Waals surface area contributed by atoms with E-state index in [0.29, 0.717) is 15.3 Å². The van der Waals surface area contributed by atoms with Gasteiger partial charge in [0.15, 0.2) is 0 Å². The lowest BCUT2D eigenvalue weighted by atomic mass is 10.2. The molecule has 0 aliphatic rings. The Hall–Kier alpha value is -2.40. The number of hydrogen-bond donors (Lipinski definition) is 2. The molecule has 0 saturated carbocycles. The number of carbonyl (C=O) groups excluding carboxylic acids is 1. The molecule has 0 atom stereocenters. The fourth-order valence-electron chi connectivity index (χ4n) is 2.05. The van der Waals surface area contributed by atoms with Crippen LogP contribution < -0.4 is 5.32 Å². The monoisotopic (exact) mass is 301 g/mol. The fraction of sp³-hybridized carbons (Fsp3) is 0.0625. The van der Waals surface area contributed by atoms with Gasteiger partial charge in [0, 0.05) is 4.70 Å². The molecule has 1 amide bonds. The summed E-state index contributed by atoms with van der Waals surface area (Å²) in [5.74, 6) is -0.626. The molecule has 21 heavy (non-hydrogen) atoms. The lowest BCUT2D eigenvalue weighted by Gasteiger charge is -2.06. The highest BCUT2D eigenvalue weighted by molar-refractivity contribution is 7.20. The Morgan fingerprint density at radius 2 is 2.00 bits per heavy atom. The number of anilines is 1. The van der Waals surface area contributed by atoms with Crippen LogP contribution in [0.15, 0.2) is 42.5 Å².